The van der Waals surface area contributed by atoms with E-state index in [2.05, 4.69) is 86.3 Å². The van der Waals surface area contributed by atoms with Gasteiger partial charge in [-0.2, -0.15) is 0 Å². The number of anilines is 2. The van der Waals surface area contributed by atoms with E-state index < -0.39 is 0 Å². The Morgan fingerprint density at radius 1 is 0.516 bits per heavy atom. The number of para-hydroxylation sites is 2. The minimum absolute atomic E-state index is 0.139. The molecule has 4 aromatic carbocycles. The van der Waals surface area contributed by atoms with Crippen LogP contribution in [0.2, 0.25) is 0 Å². The molecule has 0 spiro atoms. The van der Waals surface area contributed by atoms with Crippen LogP contribution in [0, 0.1) is 0 Å². The van der Waals surface area contributed by atoms with Crippen molar-refractivity contribution in [2.75, 3.05) is 4.90 Å². The van der Waals surface area contributed by atoms with Crippen molar-refractivity contribution in [1.82, 2.24) is 0 Å². The van der Waals surface area contributed by atoms with Crippen molar-refractivity contribution in [2.45, 2.75) is 26.3 Å². The Kier molecular flexibility index (Phi) is 3.73. The number of nitrogens with zero attached hydrogens (tertiary/aromatic N) is 1. The number of furan rings is 2. The van der Waals surface area contributed by atoms with Gasteiger partial charge in [0, 0.05) is 50.6 Å². The third-order valence-electron chi connectivity index (χ3n) is 5.91. The molecule has 6 aromatic rings. The Morgan fingerprint density at radius 3 is 1.39 bits per heavy atom. The maximum absolute atomic E-state index is 6.16. The first kappa shape index (κ1) is 18.1. The van der Waals surface area contributed by atoms with Crippen LogP contribution in [0.1, 0.15) is 20.8 Å². The van der Waals surface area contributed by atoms with Crippen LogP contribution in [0.5, 0.6) is 0 Å². The molecule has 31 heavy (non-hydrogen) atoms. The van der Waals surface area contributed by atoms with E-state index in [0.717, 1.165) is 55.3 Å². The first-order chi connectivity index (χ1) is 15.0. The van der Waals surface area contributed by atoms with Crippen molar-refractivity contribution in [3.8, 4) is 0 Å². The first-order valence-electron chi connectivity index (χ1n) is 10.6. The third kappa shape index (κ3) is 2.81. The summed E-state index contributed by atoms with van der Waals surface area (Å²) in [6, 6.07) is 29.3. The number of hydrogen-bond donors (Lipinski definition) is 0. The second-order valence-corrected chi connectivity index (χ2v) is 9.06. The lowest BCUT2D eigenvalue weighted by molar-refractivity contribution is 0.560. The highest BCUT2D eigenvalue weighted by Crippen LogP contribution is 2.39. The minimum atomic E-state index is -0.139. The molecule has 0 saturated heterocycles. The standard InChI is InChI=1S/C28H23NO2/c1-28(2,3)29(18-12-14-22-20-8-4-6-10-24(20)30-26(22)16-18)19-13-15-23-21-9-5-7-11-25(21)31-27(23)17-19/h4-17H,1-3H3. The molecule has 0 aliphatic heterocycles. The summed E-state index contributed by atoms with van der Waals surface area (Å²) in [5.74, 6) is 0. The molecular weight excluding hydrogens is 382 g/mol. The summed E-state index contributed by atoms with van der Waals surface area (Å²) in [6.45, 7) is 6.66. The zero-order valence-electron chi connectivity index (χ0n) is 17.8. The average molecular weight is 405 g/mol. The largest absolute Gasteiger partial charge is 0.456 e. The fourth-order valence-electron chi connectivity index (χ4n) is 4.63. The topological polar surface area (TPSA) is 29.5 Å². The quantitative estimate of drug-likeness (QED) is 0.289. The second kappa shape index (κ2) is 6.39. The summed E-state index contributed by atoms with van der Waals surface area (Å²) in [4.78, 5) is 2.34. The lowest BCUT2D eigenvalue weighted by atomic mass is 10.0. The van der Waals surface area contributed by atoms with Crippen LogP contribution in [0.4, 0.5) is 11.4 Å². The molecule has 0 saturated carbocycles. The van der Waals surface area contributed by atoms with Crippen LogP contribution in [0.25, 0.3) is 43.9 Å². The number of fused-ring (bicyclic) bond motifs is 6. The van der Waals surface area contributed by atoms with Crippen LogP contribution in [-0.4, -0.2) is 5.54 Å². The van der Waals surface area contributed by atoms with E-state index in [9.17, 15) is 0 Å². The van der Waals surface area contributed by atoms with Gasteiger partial charge in [0.1, 0.15) is 22.3 Å². The summed E-state index contributed by atoms with van der Waals surface area (Å²) in [7, 11) is 0. The molecule has 152 valence electrons. The highest BCUT2D eigenvalue weighted by Gasteiger charge is 2.25. The zero-order chi connectivity index (χ0) is 21.2. The fourth-order valence-corrected chi connectivity index (χ4v) is 4.63. The molecule has 0 amide bonds. The molecule has 2 heterocycles. The Morgan fingerprint density at radius 2 is 0.935 bits per heavy atom. The summed E-state index contributed by atoms with van der Waals surface area (Å²) in [5.41, 5.74) is 5.68. The van der Waals surface area contributed by atoms with E-state index in [-0.39, 0.29) is 5.54 Å². The van der Waals surface area contributed by atoms with Gasteiger partial charge in [0.15, 0.2) is 0 Å². The van der Waals surface area contributed by atoms with E-state index in [1.807, 2.05) is 24.3 Å². The van der Waals surface area contributed by atoms with Crippen LogP contribution < -0.4 is 4.90 Å². The van der Waals surface area contributed by atoms with Crippen LogP contribution in [-0.2, 0) is 0 Å². The maximum Gasteiger partial charge on any atom is 0.137 e. The van der Waals surface area contributed by atoms with Gasteiger partial charge in [0.05, 0.1) is 0 Å². The van der Waals surface area contributed by atoms with Gasteiger partial charge in [0.25, 0.3) is 0 Å². The predicted octanol–water partition coefficient (Wildman–Crippen LogP) is 8.42. The summed E-state index contributed by atoms with van der Waals surface area (Å²) in [5, 5.41) is 4.58. The molecule has 2 aromatic heterocycles. The van der Waals surface area contributed by atoms with Gasteiger partial charge in [-0.1, -0.05) is 36.4 Å². The zero-order valence-corrected chi connectivity index (χ0v) is 17.8. The smallest absolute Gasteiger partial charge is 0.137 e. The SMILES string of the molecule is CC(C)(C)N(c1ccc2c(c1)oc1ccccc12)c1ccc2c(c1)oc1ccccc12. The molecule has 6 rings (SSSR count). The molecule has 0 atom stereocenters. The lowest BCUT2D eigenvalue weighted by Crippen LogP contribution is -2.37. The van der Waals surface area contributed by atoms with Gasteiger partial charge in [-0.3, -0.25) is 0 Å². The van der Waals surface area contributed by atoms with Crippen LogP contribution >= 0.6 is 0 Å². The molecule has 3 heteroatoms. The predicted molar refractivity (Wildman–Crippen MR) is 129 cm³/mol. The fraction of sp³-hybridized carbons (Fsp3) is 0.143. The van der Waals surface area contributed by atoms with Gasteiger partial charge in [-0.25, -0.2) is 0 Å². The van der Waals surface area contributed by atoms with E-state index in [0.29, 0.717) is 0 Å². The van der Waals surface area contributed by atoms with Crippen LogP contribution in [0.3, 0.4) is 0 Å². The van der Waals surface area contributed by atoms with E-state index in [4.69, 9.17) is 8.83 Å². The highest BCUT2D eigenvalue weighted by molar-refractivity contribution is 6.07. The molecule has 0 aliphatic rings. The van der Waals surface area contributed by atoms with Gasteiger partial charge in [-0.15, -0.1) is 0 Å². The molecule has 0 unspecified atom stereocenters. The normalized spacial score (nSPS) is 12.4. The van der Waals surface area contributed by atoms with E-state index in [1.165, 1.54) is 0 Å². The lowest BCUT2D eigenvalue weighted by Gasteiger charge is -2.37. The van der Waals surface area contributed by atoms with Crippen molar-refractivity contribution >= 4 is 55.3 Å². The minimum Gasteiger partial charge on any atom is -0.456 e. The number of hydrogen-bond acceptors (Lipinski definition) is 3. The third-order valence-corrected chi connectivity index (χ3v) is 5.91. The molecular formula is C28H23NO2. The Balaban J connectivity index is 1.54. The molecule has 0 fully saturated rings. The molecule has 3 nitrogen and oxygen atoms in total. The van der Waals surface area contributed by atoms with Gasteiger partial charge in [-0.05, 0) is 57.2 Å². The molecule has 0 N–H and O–H groups in total. The Hall–Kier alpha value is -3.72. The van der Waals surface area contributed by atoms with Gasteiger partial charge in [0.2, 0.25) is 0 Å². The van der Waals surface area contributed by atoms with Crippen molar-refractivity contribution in [2.24, 2.45) is 0 Å². The summed E-state index contributed by atoms with van der Waals surface area (Å²) in [6.07, 6.45) is 0. The number of rotatable bonds is 2. The average Bonchev–Trinajstić information content (AvgIpc) is 3.30. The van der Waals surface area contributed by atoms with Crippen molar-refractivity contribution in [3.63, 3.8) is 0 Å². The van der Waals surface area contributed by atoms with E-state index in [1.54, 1.807) is 0 Å². The van der Waals surface area contributed by atoms with E-state index >= 15 is 0 Å². The first-order valence-corrected chi connectivity index (χ1v) is 10.6. The number of benzene rings is 4. The highest BCUT2D eigenvalue weighted by atomic mass is 16.3. The Bertz CT molecular complexity index is 1470. The maximum atomic E-state index is 6.16. The van der Waals surface area contributed by atoms with Gasteiger partial charge < -0.3 is 13.7 Å². The molecule has 0 bridgehead atoms. The monoisotopic (exact) mass is 405 g/mol. The summed E-state index contributed by atoms with van der Waals surface area (Å²) >= 11 is 0. The molecule has 0 aliphatic carbocycles. The van der Waals surface area contributed by atoms with Crippen molar-refractivity contribution < 1.29 is 8.83 Å². The Labute approximate surface area is 180 Å². The molecule has 0 radical (unpaired) electrons. The van der Waals surface area contributed by atoms with Crippen molar-refractivity contribution in [3.05, 3.63) is 84.9 Å². The van der Waals surface area contributed by atoms with Crippen LogP contribution in [0.15, 0.2) is 93.8 Å². The summed E-state index contributed by atoms with van der Waals surface area (Å²) < 4.78 is 12.3. The van der Waals surface area contributed by atoms with Crippen molar-refractivity contribution in [1.29, 1.82) is 0 Å². The van der Waals surface area contributed by atoms with Gasteiger partial charge >= 0.3 is 0 Å². The second-order valence-electron chi connectivity index (χ2n) is 9.06.